The summed E-state index contributed by atoms with van der Waals surface area (Å²) >= 11 is 0. The predicted molar refractivity (Wildman–Crippen MR) is 107 cm³/mol. The van der Waals surface area contributed by atoms with E-state index in [2.05, 4.69) is 33.9 Å². The summed E-state index contributed by atoms with van der Waals surface area (Å²) in [5.74, 6) is -0.301. The van der Waals surface area contributed by atoms with Crippen LogP contribution >= 0.6 is 0 Å². The highest BCUT2D eigenvalue weighted by molar-refractivity contribution is 6.74. The highest BCUT2D eigenvalue weighted by atomic mass is 28.4. The smallest absolute Gasteiger partial charge is 0.263 e. The summed E-state index contributed by atoms with van der Waals surface area (Å²) in [5.41, 5.74) is -0.262. The summed E-state index contributed by atoms with van der Waals surface area (Å²) in [6, 6.07) is 9.75. The first-order chi connectivity index (χ1) is 12.6. The first-order valence-electron chi connectivity index (χ1n) is 9.73. The van der Waals surface area contributed by atoms with E-state index in [9.17, 15) is 9.59 Å². The van der Waals surface area contributed by atoms with Crippen molar-refractivity contribution in [2.45, 2.75) is 70.0 Å². The number of likely N-dealkylation sites (tertiary alicyclic amines) is 1. The molecule has 2 aliphatic heterocycles. The summed E-state index contributed by atoms with van der Waals surface area (Å²) in [7, 11) is -1.88. The quantitative estimate of drug-likeness (QED) is 0.571. The van der Waals surface area contributed by atoms with Gasteiger partial charge in [0.1, 0.15) is 0 Å². The van der Waals surface area contributed by atoms with Gasteiger partial charge in [-0.2, -0.15) is 0 Å². The molecule has 1 amide bonds. The molecule has 2 aliphatic rings. The lowest BCUT2D eigenvalue weighted by molar-refractivity contribution is -0.155. The minimum absolute atomic E-state index is 0.113. The SMILES string of the molecule is CC(C)(C)[Si](C)(C)OC[C@@H]1CC[C@]2(O1)C(=O)CN(Cc1ccccc1)C2=O. The van der Waals surface area contributed by atoms with Crippen molar-refractivity contribution in [3.8, 4) is 0 Å². The predicted octanol–water partition coefficient (Wildman–Crippen LogP) is 3.54. The molecular formula is C21H31NO4Si. The highest BCUT2D eigenvalue weighted by Crippen LogP contribution is 2.40. The molecule has 0 aromatic heterocycles. The highest BCUT2D eigenvalue weighted by Gasteiger charge is 2.59. The van der Waals surface area contributed by atoms with Crippen LogP contribution in [0.5, 0.6) is 0 Å². The van der Waals surface area contributed by atoms with E-state index in [0.717, 1.165) is 5.56 Å². The lowest BCUT2D eigenvalue weighted by Crippen LogP contribution is -2.45. The number of nitrogens with zero attached hydrogens (tertiary/aromatic N) is 1. The molecule has 2 fully saturated rings. The topological polar surface area (TPSA) is 55.8 Å². The lowest BCUT2D eigenvalue weighted by Gasteiger charge is -2.37. The largest absolute Gasteiger partial charge is 0.414 e. The third-order valence-electron chi connectivity index (χ3n) is 6.26. The fourth-order valence-electron chi connectivity index (χ4n) is 3.44. The van der Waals surface area contributed by atoms with Crippen LogP contribution in [0.15, 0.2) is 30.3 Å². The van der Waals surface area contributed by atoms with Crippen molar-refractivity contribution in [1.82, 2.24) is 4.90 Å². The van der Waals surface area contributed by atoms with E-state index in [1.165, 1.54) is 0 Å². The number of ketones is 1. The summed E-state index contributed by atoms with van der Waals surface area (Å²) in [6.45, 7) is 12.0. The number of carbonyl (C=O) groups excluding carboxylic acids is 2. The number of benzene rings is 1. The van der Waals surface area contributed by atoms with Gasteiger partial charge in [-0.3, -0.25) is 9.59 Å². The van der Waals surface area contributed by atoms with Gasteiger partial charge >= 0.3 is 0 Å². The normalized spacial score (nSPS) is 26.4. The van der Waals surface area contributed by atoms with Crippen molar-refractivity contribution >= 4 is 20.0 Å². The molecule has 1 aromatic rings. The lowest BCUT2D eigenvalue weighted by atomic mass is 9.97. The Balaban J connectivity index is 1.64. The van der Waals surface area contributed by atoms with E-state index in [-0.39, 0.29) is 29.4 Å². The Morgan fingerprint density at radius 3 is 2.52 bits per heavy atom. The summed E-state index contributed by atoms with van der Waals surface area (Å²) < 4.78 is 12.3. The van der Waals surface area contributed by atoms with Crippen LogP contribution in [-0.2, 0) is 25.3 Å². The number of carbonyl (C=O) groups is 2. The van der Waals surface area contributed by atoms with Gasteiger partial charge in [-0.05, 0) is 36.5 Å². The molecule has 2 saturated heterocycles. The number of amides is 1. The molecule has 1 aromatic carbocycles. The van der Waals surface area contributed by atoms with Crippen LogP contribution in [0.3, 0.4) is 0 Å². The Bertz CT molecular complexity index is 713. The van der Waals surface area contributed by atoms with Crippen LogP contribution in [0.4, 0.5) is 0 Å². The number of rotatable bonds is 5. The van der Waals surface area contributed by atoms with Gasteiger partial charge < -0.3 is 14.1 Å². The van der Waals surface area contributed by atoms with Gasteiger partial charge in [-0.25, -0.2) is 0 Å². The molecule has 0 unspecified atom stereocenters. The minimum Gasteiger partial charge on any atom is -0.414 e. The van der Waals surface area contributed by atoms with Crippen LogP contribution in [0, 0.1) is 0 Å². The average Bonchev–Trinajstić information content (AvgIpc) is 3.12. The third-order valence-corrected chi connectivity index (χ3v) is 10.8. The van der Waals surface area contributed by atoms with Gasteiger partial charge in [0.25, 0.3) is 5.91 Å². The maximum Gasteiger partial charge on any atom is 0.263 e. The molecule has 6 heteroatoms. The standard InChI is InChI=1S/C21H31NO4Si/c1-20(2,3)27(4,5)25-15-17-11-12-21(26-17)18(23)14-22(19(21)24)13-16-9-7-6-8-10-16/h6-10,17H,11-15H2,1-5H3/t17-,21-/m0/s1. The third kappa shape index (κ3) is 3.88. The zero-order chi connectivity index (χ0) is 19.9. The number of hydrogen-bond acceptors (Lipinski definition) is 4. The molecule has 148 valence electrons. The fourth-order valence-corrected chi connectivity index (χ4v) is 4.48. The maximum absolute atomic E-state index is 13.0. The fraction of sp³-hybridized carbons (Fsp3) is 0.619. The molecule has 0 aliphatic carbocycles. The summed E-state index contributed by atoms with van der Waals surface area (Å²) in [4.78, 5) is 27.3. The second-order valence-corrected chi connectivity index (χ2v) is 14.1. The summed E-state index contributed by atoms with van der Waals surface area (Å²) in [6.07, 6.45) is 0.955. The first kappa shape index (κ1) is 20.2. The van der Waals surface area contributed by atoms with Crippen molar-refractivity contribution in [2.24, 2.45) is 0 Å². The molecule has 2 heterocycles. The molecule has 0 radical (unpaired) electrons. The van der Waals surface area contributed by atoms with Crippen LogP contribution in [0.1, 0.15) is 39.2 Å². The van der Waals surface area contributed by atoms with Crippen molar-refractivity contribution in [3.63, 3.8) is 0 Å². The van der Waals surface area contributed by atoms with Gasteiger partial charge in [0.05, 0.1) is 19.3 Å². The zero-order valence-electron chi connectivity index (χ0n) is 17.1. The van der Waals surface area contributed by atoms with E-state index < -0.39 is 13.9 Å². The molecule has 0 saturated carbocycles. The Morgan fingerprint density at radius 1 is 1.22 bits per heavy atom. The van der Waals surface area contributed by atoms with Crippen molar-refractivity contribution in [2.75, 3.05) is 13.2 Å². The molecule has 3 rings (SSSR count). The Morgan fingerprint density at radius 2 is 1.89 bits per heavy atom. The Labute approximate surface area is 163 Å². The number of Topliss-reactive ketones (excluding diaryl/α,β-unsaturated/α-hetero) is 1. The molecular weight excluding hydrogens is 358 g/mol. The van der Waals surface area contributed by atoms with Gasteiger partial charge in [0.2, 0.25) is 5.60 Å². The average molecular weight is 390 g/mol. The van der Waals surface area contributed by atoms with Gasteiger partial charge in [0.15, 0.2) is 14.1 Å². The Kier molecular flexibility index (Phi) is 5.36. The van der Waals surface area contributed by atoms with Crippen molar-refractivity contribution in [1.29, 1.82) is 0 Å². The molecule has 27 heavy (non-hydrogen) atoms. The maximum atomic E-state index is 13.0. The van der Waals surface area contributed by atoms with Gasteiger partial charge in [-0.15, -0.1) is 0 Å². The molecule has 2 atom stereocenters. The second kappa shape index (κ2) is 7.15. The molecule has 0 bridgehead atoms. The van der Waals surface area contributed by atoms with Crippen LogP contribution in [0.25, 0.3) is 0 Å². The van der Waals surface area contributed by atoms with E-state index in [1.54, 1.807) is 4.90 Å². The van der Waals surface area contributed by atoms with E-state index in [1.807, 2.05) is 30.3 Å². The molecule has 5 nitrogen and oxygen atoms in total. The second-order valence-electron chi connectivity index (χ2n) is 9.25. The Hall–Kier alpha value is -1.50. The van der Waals surface area contributed by atoms with Crippen LogP contribution in [0.2, 0.25) is 18.1 Å². The monoisotopic (exact) mass is 389 g/mol. The van der Waals surface area contributed by atoms with Crippen molar-refractivity contribution in [3.05, 3.63) is 35.9 Å². The number of ether oxygens (including phenoxy) is 1. The van der Waals surface area contributed by atoms with E-state index in [0.29, 0.717) is 26.0 Å². The number of hydrogen-bond donors (Lipinski definition) is 0. The van der Waals surface area contributed by atoms with Gasteiger partial charge in [0, 0.05) is 6.54 Å². The van der Waals surface area contributed by atoms with Crippen LogP contribution in [-0.4, -0.2) is 49.8 Å². The van der Waals surface area contributed by atoms with Crippen molar-refractivity contribution < 1.29 is 18.8 Å². The summed E-state index contributed by atoms with van der Waals surface area (Å²) in [5, 5.41) is 0.120. The minimum atomic E-state index is -1.88. The molecule has 0 N–H and O–H groups in total. The first-order valence-corrected chi connectivity index (χ1v) is 12.6. The zero-order valence-corrected chi connectivity index (χ0v) is 18.1. The van der Waals surface area contributed by atoms with Gasteiger partial charge in [-0.1, -0.05) is 51.1 Å². The van der Waals surface area contributed by atoms with E-state index in [4.69, 9.17) is 9.16 Å². The van der Waals surface area contributed by atoms with E-state index >= 15 is 0 Å². The molecule has 1 spiro atoms. The van der Waals surface area contributed by atoms with Crippen LogP contribution < -0.4 is 0 Å².